The maximum absolute atomic E-state index is 6.57. The van der Waals surface area contributed by atoms with Gasteiger partial charge in [-0.3, -0.25) is 0 Å². The van der Waals surface area contributed by atoms with Gasteiger partial charge in [0.1, 0.15) is 11.2 Å². The quantitative estimate of drug-likeness (QED) is 0.202. The number of benzene rings is 6. The lowest BCUT2D eigenvalue weighted by atomic mass is 9.86. The molecule has 0 aliphatic carbocycles. The van der Waals surface area contributed by atoms with E-state index in [0.717, 1.165) is 55.9 Å². The number of rotatable bonds is 6. The van der Waals surface area contributed by atoms with Crippen LogP contribution in [-0.4, -0.2) is 0 Å². The number of anilines is 5. The van der Waals surface area contributed by atoms with E-state index < -0.39 is 0 Å². The first-order valence-corrected chi connectivity index (χ1v) is 16.4. The van der Waals surface area contributed by atoms with Gasteiger partial charge < -0.3 is 14.6 Å². The van der Waals surface area contributed by atoms with Crippen molar-refractivity contribution in [2.75, 3.05) is 10.2 Å². The second-order valence-corrected chi connectivity index (χ2v) is 14.4. The number of nitrogens with zero attached hydrogens (tertiary/aromatic N) is 1. The molecule has 0 amide bonds. The van der Waals surface area contributed by atoms with Crippen molar-refractivity contribution >= 4 is 50.4 Å². The molecule has 0 saturated carbocycles. The molecule has 0 fully saturated rings. The van der Waals surface area contributed by atoms with E-state index in [1.165, 1.54) is 16.7 Å². The summed E-state index contributed by atoms with van der Waals surface area (Å²) in [4.78, 5) is 2.37. The summed E-state index contributed by atoms with van der Waals surface area (Å²) in [6.45, 7) is 13.6. The fraction of sp³-hybridized carbons (Fsp3) is 0.182. The van der Waals surface area contributed by atoms with Crippen LogP contribution in [-0.2, 0) is 10.8 Å². The molecule has 47 heavy (non-hydrogen) atoms. The number of hydrogen-bond donors (Lipinski definition) is 1. The Morgan fingerprint density at radius 3 is 1.70 bits per heavy atom. The highest BCUT2D eigenvalue weighted by Crippen LogP contribution is 2.46. The Kier molecular flexibility index (Phi) is 7.64. The minimum absolute atomic E-state index is 0.0573. The van der Waals surface area contributed by atoms with Gasteiger partial charge >= 0.3 is 0 Å². The molecule has 7 aromatic rings. The zero-order valence-corrected chi connectivity index (χ0v) is 28.1. The zero-order chi connectivity index (χ0) is 32.8. The average Bonchev–Trinajstić information content (AvgIpc) is 3.44. The average molecular weight is 615 g/mol. The van der Waals surface area contributed by atoms with Crippen molar-refractivity contribution in [3.8, 4) is 11.1 Å². The molecular formula is C44H42N2O. The number of furan rings is 1. The molecule has 7 rings (SSSR count). The molecule has 0 atom stereocenters. The Morgan fingerprint density at radius 2 is 1.09 bits per heavy atom. The van der Waals surface area contributed by atoms with Crippen LogP contribution in [0.15, 0.2) is 144 Å². The fourth-order valence-electron chi connectivity index (χ4n) is 6.35. The molecule has 3 nitrogen and oxygen atoms in total. The summed E-state index contributed by atoms with van der Waals surface area (Å²) in [5.74, 6) is 0. The normalized spacial score (nSPS) is 12.0. The number of hydrogen-bond acceptors (Lipinski definition) is 3. The van der Waals surface area contributed by atoms with Gasteiger partial charge in [-0.1, -0.05) is 133 Å². The first kappa shape index (κ1) is 30.4. The van der Waals surface area contributed by atoms with Crippen LogP contribution in [0.1, 0.15) is 52.7 Å². The van der Waals surface area contributed by atoms with E-state index in [2.05, 4.69) is 185 Å². The highest BCUT2D eigenvalue weighted by molar-refractivity contribution is 6.14. The van der Waals surface area contributed by atoms with E-state index in [9.17, 15) is 0 Å². The van der Waals surface area contributed by atoms with Gasteiger partial charge in [0.15, 0.2) is 0 Å². The molecule has 3 heteroatoms. The topological polar surface area (TPSA) is 28.4 Å². The van der Waals surface area contributed by atoms with Gasteiger partial charge in [-0.05, 0) is 70.0 Å². The SMILES string of the molecule is CC(C)(C)c1ccc(N(c2ccc(C(C)(C)C)cc2)c2cc(Nc3ccccc3-c3ccccc3)cc3oc4ccccc4c23)cc1. The smallest absolute Gasteiger partial charge is 0.139 e. The third kappa shape index (κ3) is 6.02. The summed E-state index contributed by atoms with van der Waals surface area (Å²) in [6, 6.07) is 49.7. The van der Waals surface area contributed by atoms with E-state index in [1.54, 1.807) is 0 Å². The van der Waals surface area contributed by atoms with Gasteiger partial charge in [0.2, 0.25) is 0 Å². The van der Waals surface area contributed by atoms with Crippen molar-refractivity contribution in [1.29, 1.82) is 0 Å². The summed E-state index contributed by atoms with van der Waals surface area (Å²) < 4.78 is 6.57. The van der Waals surface area contributed by atoms with Gasteiger partial charge in [0, 0.05) is 39.8 Å². The molecule has 234 valence electrons. The van der Waals surface area contributed by atoms with Gasteiger partial charge in [-0.25, -0.2) is 0 Å². The minimum Gasteiger partial charge on any atom is -0.456 e. The number of nitrogens with one attached hydrogen (secondary N) is 1. The largest absolute Gasteiger partial charge is 0.456 e. The van der Waals surface area contributed by atoms with Gasteiger partial charge in [0.25, 0.3) is 0 Å². The second-order valence-electron chi connectivity index (χ2n) is 14.4. The van der Waals surface area contributed by atoms with Crippen LogP contribution in [0.25, 0.3) is 33.1 Å². The first-order chi connectivity index (χ1) is 22.6. The van der Waals surface area contributed by atoms with Crippen LogP contribution in [0, 0.1) is 0 Å². The molecule has 0 radical (unpaired) electrons. The monoisotopic (exact) mass is 614 g/mol. The van der Waals surface area contributed by atoms with E-state index in [-0.39, 0.29) is 10.8 Å². The summed E-state index contributed by atoms with van der Waals surface area (Å²) in [6.07, 6.45) is 0. The summed E-state index contributed by atoms with van der Waals surface area (Å²) in [7, 11) is 0. The molecule has 0 spiro atoms. The van der Waals surface area contributed by atoms with Crippen LogP contribution >= 0.6 is 0 Å². The van der Waals surface area contributed by atoms with Crippen LogP contribution < -0.4 is 10.2 Å². The predicted molar refractivity (Wildman–Crippen MR) is 201 cm³/mol. The van der Waals surface area contributed by atoms with E-state index in [4.69, 9.17) is 4.42 Å². The van der Waals surface area contributed by atoms with Crippen molar-refractivity contribution < 1.29 is 4.42 Å². The number of para-hydroxylation sites is 2. The van der Waals surface area contributed by atoms with Crippen molar-refractivity contribution in [2.45, 2.75) is 52.4 Å². The third-order valence-corrected chi connectivity index (χ3v) is 8.97. The van der Waals surface area contributed by atoms with Crippen molar-refractivity contribution in [3.63, 3.8) is 0 Å². The Labute approximate surface area is 278 Å². The summed E-state index contributed by atoms with van der Waals surface area (Å²) in [5.41, 5.74) is 12.0. The third-order valence-electron chi connectivity index (χ3n) is 8.97. The lowest BCUT2D eigenvalue weighted by molar-refractivity contribution is 0.590. The molecule has 0 unspecified atom stereocenters. The van der Waals surface area contributed by atoms with E-state index in [1.807, 2.05) is 6.07 Å². The highest BCUT2D eigenvalue weighted by atomic mass is 16.3. The Morgan fingerprint density at radius 1 is 0.532 bits per heavy atom. The lowest BCUT2D eigenvalue weighted by Crippen LogP contribution is -2.14. The summed E-state index contributed by atoms with van der Waals surface area (Å²) >= 11 is 0. The zero-order valence-electron chi connectivity index (χ0n) is 28.1. The molecule has 0 aliphatic rings. The Balaban J connectivity index is 1.45. The summed E-state index contributed by atoms with van der Waals surface area (Å²) in [5, 5.41) is 5.96. The molecule has 0 aliphatic heterocycles. The molecule has 0 bridgehead atoms. The van der Waals surface area contributed by atoms with Crippen molar-refractivity contribution in [3.05, 3.63) is 151 Å². The second kappa shape index (κ2) is 11.8. The lowest BCUT2D eigenvalue weighted by Gasteiger charge is -2.29. The highest BCUT2D eigenvalue weighted by Gasteiger charge is 2.23. The fourth-order valence-corrected chi connectivity index (χ4v) is 6.35. The maximum Gasteiger partial charge on any atom is 0.139 e. The van der Waals surface area contributed by atoms with Crippen molar-refractivity contribution in [2.24, 2.45) is 0 Å². The predicted octanol–water partition coefficient (Wildman–Crippen LogP) is 13.1. The van der Waals surface area contributed by atoms with Crippen molar-refractivity contribution in [1.82, 2.24) is 0 Å². The number of fused-ring (bicyclic) bond motifs is 3. The van der Waals surface area contributed by atoms with E-state index in [0.29, 0.717) is 0 Å². The Hall–Kier alpha value is -5.28. The molecular weight excluding hydrogens is 572 g/mol. The molecule has 1 heterocycles. The minimum atomic E-state index is 0.0573. The first-order valence-electron chi connectivity index (χ1n) is 16.4. The molecule has 1 aromatic heterocycles. The molecule has 1 N–H and O–H groups in total. The standard InChI is InChI=1S/C44H42N2O/c1-43(2,3)31-20-24-34(25-21-31)46(35-26-22-32(23-27-35)44(4,5)6)39-28-33(29-41-42(39)37-17-11-13-19-40(37)47-41)45-38-18-12-10-16-36(38)30-14-8-7-9-15-30/h7-29,45H,1-6H3. The van der Waals surface area contributed by atoms with Crippen LogP contribution in [0.5, 0.6) is 0 Å². The van der Waals surface area contributed by atoms with Gasteiger partial charge in [-0.15, -0.1) is 0 Å². The van der Waals surface area contributed by atoms with Crippen LogP contribution in [0.3, 0.4) is 0 Å². The van der Waals surface area contributed by atoms with E-state index >= 15 is 0 Å². The maximum atomic E-state index is 6.57. The van der Waals surface area contributed by atoms with Gasteiger partial charge in [0.05, 0.1) is 11.1 Å². The van der Waals surface area contributed by atoms with Crippen LogP contribution in [0.2, 0.25) is 0 Å². The molecule has 0 saturated heterocycles. The Bertz CT molecular complexity index is 2100. The van der Waals surface area contributed by atoms with Crippen LogP contribution in [0.4, 0.5) is 28.4 Å². The van der Waals surface area contributed by atoms with Gasteiger partial charge in [-0.2, -0.15) is 0 Å². The molecule has 6 aromatic carbocycles.